The van der Waals surface area contributed by atoms with E-state index in [0.29, 0.717) is 36.8 Å². The van der Waals surface area contributed by atoms with Crippen molar-refractivity contribution in [2.75, 3.05) is 6.54 Å². The molecule has 3 heterocycles. The molecule has 0 unspecified atom stereocenters. The minimum absolute atomic E-state index is 0.0206. The van der Waals surface area contributed by atoms with Gasteiger partial charge in [-0.15, -0.1) is 0 Å². The highest BCUT2D eigenvalue weighted by molar-refractivity contribution is 7.91. The number of Topliss-reactive ketones (excluding diaryl/α,β-unsaturated/α-hetero) is 1. The molecule has 6 rings (SSSR count). The number of hydrogen-bond donors (Lipinski definition) is 2. The van der Waals surface area contributed by atoms with Crippen LogP contribution in [0.15, 0.2) is 30.4 Å². The van der Waals surface area contributed by atoms with Crippen molar-refractivity contribution in [2.24, 2.45) is 17.1 Å². The molecule has 1 aromatic carbocycles. The Kier molecular flexibility index (Phi) is 8.30. The van der Waals surface area contributed by atoms with Gasteiger partial charge >= 0.3 is 6.09 Å². The molecule has 0 radical (unpaired) electrons. The number of allylic oxidation sites excluding steroid dienone is 2. The van der Waals surface area contributed by atoms with Gasteiger partial charge in [-0.25, -0.2) is 17.6 Å². The first-order valence-electron chi connectivity index (χ1n) is 15.9. The van der Waals surface area contributed by atoms with Gasteiger partial charge < -0.3 is 15.4 Å². The van der Waals surface area contributed by atoms with E-state index in [1.807, 2.05) is 12.2 Å². The zero-order valence-electron chi connectivity index (χ0n) is 25.5. The first kappa shape index (κ1) is 31.7. The van der Waals surface area contributed by atoms with E-state index in [1.165, 1.54) is 15.9 Å². The summed E-state index contributed by atoms with van der Waals surface area (Å²) < 4.78 is 47.2. The van der Waals surface area contributed by atoms with Gasteiger partial charge in [0.2, 0.25) is 21.8 Å². The summed E-state index contributed by atoms with van der Waals surface area (Å²) in [7, 11) is -3.92. The Labute approximate surface area is 262 Å². The van der Waals surface area contributed by atoms with Crippen LogP contribution in [0.2, 0.25) is 0 Å². The Hall–Kier alpha value is -3.32. The van der Waals surface area contributed by atoms with E-state index in [-0.39, 0.29) is 38.4 Å². The number of amides is 3. The zero-order valence-corrected chi connectivity index (χ0v) is 26.3. The maximum absolute atomic E-state index is 14.3. The fraction of sp³-hybridized carbons (Fsp3) is 0.625. The lowest BCUT2D eigenvalue weighted by Crippen LogP contribution is -2.50. The third-order valence-corrected chi connectivity index (χ3v) is 12.5. The summed E-state index contributed by atoms with van der Waals surface area (Å²) in [5, 5.41) is 0. The van der Waals surface area contributed by atoms with E-state index in [4.69, 9.17) is 10.5 Å². The quantitative estimate of drug-likeness (QED) is 0.474. The Balaban J connectivity index is 1.21. The van der Waals surface area contributed by atoms with Crippen molar-refractivity contribution in [1.82, 2.24) is 14.5 Å². The number of rotatable bonds is 4. The number of halogens is 1. The molecule has 13 heteroatoms. The zero-order chi connectivity index (χ0) is 32.1. The van der Waals surface area contributed by atoms with Crippen molar-refractivity contribution in [2.45, 2.75) is 107 Å². The van der Waals surface area contributed by atoms with Crippen molar-refractivity contribution in [3.05, 3.63) is 47.3 Å². The molecular formula is C32H41FN4O7S. The lowest BCUT2D eigenvalue weighted by atomic mass is 9.91. The second kappa shape index (κ2) is 11.8. The smallest absolute Gasteiger partial charge is 0.410 e. The maximum atomic E-state index is 14.3. The fourth-order valence-corrected chi connectivity index (χ4v) is 8.24. The molecule has 0 aromatic heterocycles. The van der Waals surface area contributed by atoms with Crippen LogP contribution < -0.4 is 10.5 Å². The number of sulfonamides is 1. The van der Waals surface area contributed by atoms with Crippen LogP contribution in [-0.4, -0.2) is 71.4 Å². The van der Waals surface area contributed by atoms with Gasteiger partial charge in [0, 0.05) is 24.9 Å². The number of ether oxygens (including phenoxy) is 1. The van der Waals surface area contributed by atoms with E-state index in [9.17, 15) is 32.0 Å². The Morgan fingerprint density at radius 3 is 2.64 bits per heavy atom. The number of nitrogens with zero attached hydrogens (tertiary/aromatic N) is 2. The van der Waals surface area contributed by atoms with Gasteiger partial charge in [-0.2, -0.15) is 0 Å². The predicted octanol–water partition coefficient (Wildman–Crippen LogP) is 3.06. The van der Waals surface area contributed by atoms with Crippen LogP contribution in [-0.2, 0) is 42.2 Å². The van der Waals surface area contributed by atoms with E-state index in [0.717, 1.165) is 25.7 Å². The second-order valence-corrected chi connectivity index (χ2v) is 15.8. The lowest BCUT2D eigenvalue weighted by molar-refractivity contribution is -0.140. The summed E-state index contributed by atoms with van der Waals surface area (Å²) in [6.45, 7) is 1.79. The van der Waals surface area contributed by atoms with Gasteiger partial charge in [-0.1, -0.05) is 37.1 Å². The van der Waals surface area contributed by atoms with Gasteiger partial charge in [-0.05, 0) is 63.0 Å². The second-order valence-electron chi connectivity index (χ2n) is 13.6. The summed E-state index contributed by atoms with van der Waals surface area (Å²) in [6, 6.07) is 2.83. The topological polar surface area (TPSA) is 156 Å². The fourth-order valence-electron chi connectivity index (χ4n) is 6.91. The first-order valence-corrected chi connectivity index (χ1v) is 17.4. The van der Waals surface area contributed by atoms with Gasteiger partial charge in [0.05, 0.1) is 35.3 Å². The molecule has 11 nitrogen and oxygen atoms in total. The van der Waals surface area contributed by atoms with Crippen molar-refractivity contribution in [3.8, 4) is 0 Å². The molecular weight excluding hydrogens is 603 g/mol. The molecule has 45 heavy (non-hydrogen) atoms. The number of carbonyl (C=O) groups excluding carboxylic acids is 4. The van der Waals surface area contributed by atoms with Gasteiger partial charge in [0.25, 0.3) is 0 Å². The minimum atomic E-state index is -3.92. The minimum Gasteiger partial charge on any atom is -0.444 e. The highest BCUT2D eigenvalue weighted by Gasteiger charge is 2.62. The molecule has 3 fully saturated rings. The van der Waals surface area contributed by atoms with Crippen molar-refractivity contribution in [1.29, 1.82) is 0 Å². The molecule has 3 aliphatic heterocycles. The summed E-state index contributed by atoms with van der Waals surface area (Å²) in [4.78, 5) is 57.0. The Bertz CT molecular complexity index is 1540. The maximum Gasteiger partial charge on any atom is 0.410 e. The van der Waals surface area contributed by atoms with Crippen LogP contribution in [0.3, 0.4) is 0 Å². The SMILES string of the molecule is CC1(S(=O)(=O)NC(=O)[C@]23CC(=O)[C@@H]4C[C@@H](OC(=O)N5Cc6cccc(F)c6C5)CN4C(=O)[C@@H](N)CCCCC/C=C\[C@H]2C3)CC1. The Morgan fingerprint density at radius 1 is 1.13 bits per heavy atom. The van der Waals surface area contributed by atoms with E-state index < -0.39 is 67.9 Å². The highest BCUT2D eigenvalue weighted by atomic mass is 32.2. The van der Waals surface area contributed by atoms with Crippen LogP contribution in [0.5, 0.6) is 0 Å². The number of carbonyl (C=O) groups is 4. The number of hydrogen-bond acceptors (Lipinski definition) is 8. The van der Waals surface area contributed by atoms with E-state index in [1.54, 1.807) is 19.1 Å². The lowest BCUT2D eigenvalue weighted by Gasteiger charge is -2.27. The van der Waals surface area contributed by atoms with E-state index >= 15 is 0 Å². The molecule has 2 saturated carbocycles. The van der Waals surface area contributed by atoms with Gasteiger partial charge in [-0.3, -0.25) is 24.0 Å². The molecule has 0 bridgehead atoms. The summed E-state index contributed by atoms with van der Waals surface area (Å²) >= 11 is 0. The average Bonchev–Trinajstić information content (AvgIpc) is 3.78. The third kappa shape index (κ3) is 6.13. The van der Waals surface area contributed by atoms with Crippen LogP contribution in [0.4, 0.5) is 9.18 Å². The third-order valence-electron chi connectivity index (χ3n) is 10.3. The average molecular weight is 645 g/mol. The van der Waals surface area contributed by atoms with Crippen LogP contribution in [0, 0.1) is 17.2 Å². The van der Waals surface area contributed by atoms with Crippen LogP contribution in [0.25, 0.3) is 0 Å². The summed E-state index contributed by atoms with van der Waals surface area (Å²) in [6.07, 6.45) is 7.03. The number of nitrogens with two attached hydrogens (primary N) is 1. The number of ketones is 1. The molecule has 1 aromatic rings. The molecule has 5 atom stereocenters. The Morgan fingerprint density at radius 2 is 1.91 bits per heavy atom. The summed E-state index contributed by atoms with van der Waals surface area (Å²) in [5.41, 5.74) is 6.17. The standard InChI is InChI=1S/C32H41FN4O7S/c1-31(12-13-31)45(42,43)35-29(40)32-15-21(32)9-5-3-2-4-6-11-25(34)28(39)37-18-22(14-26(37)27(38)16-32)44-30(41)36-17-20-8-7-10-24(33)23(20)19-36/h5,7-10,21-22,25-26H,2-4,6,11-19,34H2,1H3,(H,35,40)/b9-5-/t21-,22+,25-,26-,32+/m0/s1. The molecule has 3 amide bonds. The van der Waals surface area contributed by atoms with Crippen molar-refractivity contribution >= 4 is 33.7 Å². The molecule has 3 N–H and O–H groups in total. The largest absolute Gasteiger partial charge is 0.444 e. The molecule has 1 saturated heterocycles. The number of fused-ring (bicyclic) bond motifs is 3. The normalized spacial score (nSPS) is 32.0. The van der Waals surface area contributed by atoms with Crippen molar-refractivity contribution in [3.63, 3.8) is 0 Å². The van der Waals surface area contributed by atoms with Gasteiger partial charge in [0.15, 0.2) is 5.78 Å². The van der Waals surface area contributed by atoms with Crippen LogP contribution >= 0.6 is 0 Å². The molecule has 2 aliphatic carbocycles. The first-order chi connectivity index (χ1) is 21.3. The molecule has 0 spiro atoms. The van der Waals surface area contributed by atoms with Crippen LogP contribution in [0.1, 0.15) is 82.3 Å². The monoisotopic (exact) mass is 644 g/mol. The number of benzene rings is 1. The molecule has 244 valence electrons. The van der Waals surface area contributed by atoms with Crippen molar-refractivity contribution < 1.29 is 36.7 Å². The number of nitrogens with one attached hydrogen (secondary N) is 1. The highest BCUT2D eigenvalue weighted by Crippen LogP contribution is 2.57. The van der Waals surface area contributed by atoms with E-state index in [2.05, 4.69) is 4.72 Å². The van der Waals surface area contributed by atoms with Gasteiger partial charge in [0.1, 0.15) is 11.9 Å². The summed E-state index contributed by atoms with van der Waals surface area (Å²) in [5.74, 6) is -2.23. The predicted molar refractivity (Wildman–Crippen MR) is 161 cm³/mol. The molecule has 5 aliphatic rings.